The number of imide groups is 1. The fourth-order valence-electron chi connectivity index (χ4n) is 7.94. The zero-order valence-corrected chi connectivity index (χ0v) is 25.7. The first-order valence-corrected chi connectivity index (χ1v) is 16.0. The van der Waals surface area contributed by atoms with Crippen LogP contribution in [0.1, 0.15) is 50.2 Å². The number of aromatic hydroxyl groups is 1. The van der Waals surface area contributed by atoms with Gasteiger partial charge in [-0.25, -0.2) is 0 Å². The third kappa shape index (κ3) is 6.29. The second-order valence-corrected chi connectivity index (χ2v) is 12.9. The van der Waals surface area contributed by atoms with Crippen LogP contribution in [0.3, 0.4) is 0 Å². The molecule has 4 aliphatic rings. The molecule has 8 nitrogen and oxygen atoms in total. The van der Waals surface area contributed by atoms with E-state index in [0.717, 1.165) is 54.8 Å². The number of fused-ring (bicyclic) bond motifs is 3. The van der Waals surface area contributed by atoms with Crippen molar-refractivity contribution in [2.45, 2.75) is 64.0 Å². The maximum Gasteiger partial charge on any atom is 0.455 e. The molecule has 44 heavy (non-hydrogen) atoms. The van der Waals surface area contributed by atoms with E-state index in [-0.39, 0.29) is 35.6 Å². The van der Waals surface area contributed by atoms with Crippen molar-refractivity contribution in [2.24, 2.45) is 17.8 Å². The molecule has 3 heterocycles. The number of carbonyl (C=O) groups excluding carboxylic acids is 2. The van der Waals surface area contributed by atoms with Gasteiger partial charge in [-0.3, -0.25) is 19.4 Å². The maximum absolute atomic E-state index is 14.1. The lowest BCUT2D eigenvalue weighted by Crippen LogP contribution is -2.48. The second kappa shape index (κ2) is 13.4. The van der Waals surface area contributed by atoms with Gasteiger partial charge >= 0.3 is 7.12 Å². The van der Waals surface area contributed by atoms with Crippen LogP contribution in [0.4, 0.5) is 0 Å². The number of ether oxygens (including phenoxy) is 1. The summed E-state index contributed by atoms with van der Waals surface area (Å²) in [7, 11) is 0.649. The molecule has 4 atom stereocenters. The summed E-state index contributed by atoms with van der Waals surface area (Å²) in [5.41, 5.74) is 5.17. The summed E-state index contributed by atoms with van der Waals surface area (Å²) in [6.45, 7) is 4.95. The van der Waals surface area contributed by atoms with Gasteiger partial charge in [-0.15, -0.1) is 0 Å². The Labute approximate surface area is 260 Å². The van der Waals surface area contributed by atoms with Crippen LogP contribution in [0, 0.1) is 17.8 Å². The van der Waals surface area contributed by atoms with E-state index in [2.05, 4.69) is 29.2 Å². The van der Waals surface area contributed by atoms with Gasteiger partial charge < -0.3 is 19.5 Å². The van der Waals surface area contributed by atoms with Gasteiger partial charge in [-0.2, -0.15) is 0 Å². The number of phenols is 1. The van der Waals surface area contributed by atoms with Gasteiger partial charge in [0.2, 0.25) is 11.8 Å². The van der Waals surface area contributed by atoms with Crippen LogP contribution in [0.2, 0.25) is 6.32 Å². The number of piperidine rings is 1. The number of phenolic OH excluding ortho intramolecular Hbond substituents is 1. The van der Waals surface area contributed by atoms with Gasteiger partial charge in [-0.1, -0.05) is 60.2 Å². The van der Waals surface area contributed by atoms with Crippen molar-refractivity contribution in [1.82, 2.24) is 9.80 Å². The second-order valence-electron chi connectivity index (χ2n) is 12.9. The molecular formula is C35H43BN2O6. The fourth-order valence-corrected chi connectivity index (χ4v) is 7.94. The zero-order valence-electron chi connectivity index (χ0n) is 25.7. The van der Waals surface area contributed by atoms with E-state index in [4.69, 9.17) is 9.39 Å². The molecule has 2 amide bonds. The number of rotatable bonds is 9. The molecule has 1 aliphatic carbocycles. The smallest absolute Gasteiger partial charge is 0.455 e. The minimum absolute atomic E-state index is 0.0619. The number of hydrogen-bond donors (Lipinski definition) is 2. The Morgan fingerprint density at radius 3 is 2.50 bits per heavy atom. The molecule has 2 aromatic carbocycles. The summed E-state index contributed by atoms with van der Waals surface area (Å²) in [4.78, 5) is 32.1. The predicted octanol–water partition coefficient (Wildman–Crippen LogP) is 4.68. The third-order valence-electron chi connectivity index (χ3n) is 9.97. The molecule has 0 unspecified atom stereocenters. The average molecular weight is 599 g/mol. The number of benzene rings is 2. The van der Waals surface area contributed by atoms with Crippen LogP contribution >= 0.6 is 0 Å². The topological polar surface area (TPSA) is 99.5 Å². The van der Waals surface area contributed by atoms with Crippen LogP contribution in [0.15, 0.2) is 71.3 Å². The van der Waals surface area contributed by atoms with Crippen LogP contribution in [0.5, 0.6) is 5.75 Å². The standard InChI is InChI=1S/C35H43BN2O6/c1-23(18-25-10-6-7-11-30(25)39)12-13-31-32-26(22-43-2)19-28-33(29(32)20-36(42)44-31)35(41)38(34(28)40)27-14-16-37(17-15-27)21-24-8-4-3-5-9-24/h3-11,18,27-29,31,33,39,42H,12-17,19-22H2,1-2H3/b23-18+/t28-,29+,31-,33-/m1/s1. The van der Waals surface area contributed by atoms with Crippen molar-refractivity contribution >= 4 is 25.0 Å². The molecule has 6 rings (SSSR count). The number of amides is 2. The molecule has 2 N–H and O–H groups in total. The number of likely N-dealkylation sites (tertiary alicyclic amines) is 2. The van der Waals surface area contributed by atoms with Gasteiger partial charge in [0.05, 0.1) is 24.5 Å². The average Bonchev–Trinajstić information content (AvgIpc) is 3.27. The number of para-hydroxylation sites is 1. The lowest BCUT2D eigenvalue weighted by Gasteiger charge is -2.43. The first-order valence-electron chi connectivity index (χ1n) is 16.0. The van der Waals surface area contributed by atoms with E-state index < -0.39 is 19.0 Å². The van der Waals surface area contributed by atoms with Gasteiger partial charge in [0.1, 0.15) is 5.75 Å². The number of carbonyl (C=O) groups is 2. The van der Waals surface area contributed by atoms with Crippen molar-refractivity contribution < 1.29 is 29.1 Å². The highest BCUT2D eigenvalue weighted by atomic mass is 16.5. The van der Waals surface area contributed by atoms with E-state index in [1.807, 2.05) is 31.2 Å². The Balaban J connectivity index is 1.18. The molecule has 0 saturated carbocycles. The lowest BCUT2D eigenvalue weighted by molar-refractivity contribution is -0.144. The summed E-state index contributed by atoms with van der Waals surface area (Å²) in [6.07, 6.45) is 5.24. The molecule has 9 heteroatoms. The van der Waals surface area contributed by atoms with E-state index in [9.17, 15) is 19.7 Å². The highest BCUT2D eigenvalue weighted by Crippen LogP contribution is 2.51. The quantitative estimate of drug-likeness (QED) is 0.246. The largest absolute Gasteiger partial charge is 0.507 e. The minimum Gasteiger partial charge on any atom is -0.507 e. The zero-order chi connectivity index (χ0) is 30.8. The molecule has 0 spiro atoms. The van der Waals surface area contributed by atoms with Crippen molar-refractivity contribution in [3.63, 3.8) is 0 Å². The molecule has 3 saturated heterocycles. The van der Waals surface area contributed by atoms with Crippen LogP contribution in [-0.2, 0) is 25.5 Å². The molecular weight excluding hydrogens is 555 g/mol. The number of allylic oxidation sites excluding steroid dienone is 1. The Hall–Kier alpha value is -3.24. The van der Waals surface area contributed by atoms with Crippen molar-refractivity contribution in [1.29, 1.82) is 0 Å². The molecule has 2 aromatic rings. The molecule has 3 fully saturated rings. The summed E-state index contributed by atoms with van der Waals surface area (Å²) in [5.74, 6) is -1.06. The Kier molecular flexibility index (Phi) is 9.38. The number of nitrogens with zero attached hydrogens (tertiary/aromatic N) is 2. The van der Waals surface area contributed by atoms with Crippen LogP contribution in [0.25, 0.3) is 6.08 Å². The molecule has 3 aliphatic heterocycles. The van der Waals surface area contributed by atoms with Gasteiger partial charge in [0.15, 0.2) is 0 Å². The number of hydrogen-bond acceptors (Lipinski definition) is 7. The summed E-state index contributed by atoms with van der Waals surface area (Å²) < 4.78 is 11.7. The van der Waals surface area contributed by atoms with E-state index >= 15 is 0 Å². The fraction of sp³-hybridized carbons (Fsp3) is 0.486. The summed E-state index contributed by atoms with van der Waals surface area (Å²) >= 11 is 0. The minimum atomic E-state index is -1.00. The van der Waals surface area contributed by atoms with E-state index in [1.54, 1.807) is 24.1 Å². The van der Waals surface area contributed by atoms with Crippen molar-refractivity contribution in [3.05, 3.63) is 82.4 Å². The highest BCUT2D eigenvalue weighted by molar-refractivity contribution is 6.43. The van der Waals surface area contributed by atoms with Crippen molar-refractivity contribution in [3.8, 4) is 5.75 Å². The monoisotopic (exact) mass is 598 g/mol. The Morgan fingerprint density at radius 2 is 1.77 bits per heavy atom. The molecule has 232 valence electrons. The summed E-state index contributed by atoms with van der Waals surface area (Å²) in [5, 5.41) is 21.1. The lowest BCUT2D eigenvalue weighted by atomic mass is 9.58. The van der Waals surface area contributed by atoms with E-state index in [1.165, 1.54) is 5.56 Å². The maximum atomic E-state index is 14.1. The molecule has 0 bridgehead atoms. The third-order valence-corrected chi connectivity index (χ3v) is 9.97. The predicted molar refractivity (Wildman–Crippen MR) is 169 cm³/mol. The van der Waals surface area contributed by atoms with Gasteiger partial charge in [0, 0.05) is 38.3 Å². The normalized spacial score (nSPS) is 26.8. The molecule has 0 radical (unpaired) electrons. The van der Waals surface area contributed by atoms with Crippen molar-refractivity contribution in [2.75, 3.05) is 26.8 Å². The van der Waals surface area contributed by atoms with Gasteiger partial charge in [-0.05, 0) is 74.0 Å². The number of methoxy groups -OCH3 is 1. The first-order chi connectivity index (χ1) is 21.3. The Morgan fingerprint density at radius 1 is 1.05 bits per heavy atom. The van der Waals surface area contributed by atoms with Crippen LogP contribution < -0.4 is 0 Å². The highest BCUT2D eigenvalue weighted by Gasteiger charge is 2.58. The molecule has 0 aromatic heterocycles. The SMILES string of the molecule is COCC1=C2[C@@H](CC/C(C)=C/c3ccccc3O)OB(O)C[C@@H]2[C@@H]2C(=O)N(C3CCN(Cc4ccccc4)CC3)C(=O)[C@@H]2C1. The summed E-state index contributed by atoms with van der Waals surface area (Å²) in [6, 6.07) is 17.5. The van der Waals surface area contributed by atoms with Gasteiger partial charge in [0.25, 0.3) is 0 Å². The first kappa shape index (κ1) is 30.8. The Bertz CT molecular complexity index is 1420. The van der Waals surface area contributed by atoms with Crippen LogP contribution in [-0.4, -0.2) is 77.8 Å². The van der Waals surface area contributed by atoms with E-state index in [0.29, 0.717) is 32.2 Å².